The van der Waals surface area contributed by atoms with Crippen molar-refractivity contribution in [2.75, 3.05) is 10.8 Å². The zero-order chi connectivity index (χ0) is 29.6. The molecule has 214 valence electrons. The van der Waals surface area contributed by atoms with Crippen molar-refractivity contribution in [3.05, 3.63) is 92.9 Å². The van der Waals surface area contributed by atoms with Gasteiger partial charge in [-0.1, -0.05) is 77.6 Å². The van der Waals surface area contributed by atoms with E-state index < -0.39 is 28.5 Å². The molecule has 1 N–H and O–H groups in total. The number of hydrogen-bond acceptors (Lipinski definition) is 4. The first-order valence-electron chi connectivity index (χ1n) is 12.7. The number of halogens is 3. The predicted molar refractivity (Wildman–Crippen MR) is 162 cm³/mol. The Morgan fingerprint density at radius 3 is 2.00 bits per heavy atom. The van der Waals surface area contributed by atoms with Crippen molar-refractivity contribution < 1.29 is 18.0 Å². The largest absolute Gasteiger partial charge is 0.352 e. The molecule has 0 saturated heterocycles. The van der Waals surface area contributed by atoms with Crippen molar-refractivity contribution in [1.29, 1.82) is 0 Å². The number of sulfonamides is 1. The highest BCUT2D eigenvalue weighted by atomic mass is 35.5. The molecule has 11 heteroatoms. The molecule has 2 amide bonds. The van der Waals surface area contributed by atoms with E-state index in [0.717, 1.165) is 9.87 Å². The lowest BCUT2D eigenvalue weighted by atomic mass is 10.1. The van der Waals surface area contributed by atoms with E-state index in [1.165, 1.54) is 23.1 Å². The summed E-state index contributed by atoms with van der Waals surface area (Å²) >= 11 is 19.3. The number of carbonyl (C=O) groups is 2. The first-order chi connectivity index (χ1) is 18.9. The molecule has 0 unspecified atom stereocenters. The van der Waals surface area contributed by atoms with Gasteiger partial charge in [0.1, 0.15) is 12.6 Å². The number of benzene rings is 3. The minimum absolute atomic E-state index is 0.00360. The Morgan fingerprint density at radius 1 is 0.875 bits per heavy atom. The van der Waals surface area contributed by atoms with Gasteiger partial charge in [0, 0.05) is 28.2 Å². The maximum Gasteiger partial charge on any atom is 0.264 e. The van der Waals surface area contributed by atoms with Crippen molar-refractivity contribution in [2.45, 2.75) is 57.6 Å². The van der Waals surface area contributed by atoms with E-state index in [1.807, 2.05) is 20.8 Å². The van der Waals surface area contributed by atoms with Crippen molar-refractivity contribution >= 4 is 62.3 Å². The number of amides is 2. The number of nitrogens with one attached hydrogen (secondary N) is 1. The monoisotopic (exact) mass is 623 g/mol. The van der Waals surface area contributed by atoms with E-state index in [2.05, 4.69) is 5.32 Å². The molecule has 1 atom stereocenters. The van der Waals surface area contributed by atoms with Crippen LogP contribution in [-0.2, 0) is 26.2 Å². The van der Waals surface area contributed by atoms with Crippen LogP contribution < -0.4 is 9.62 Å². The maximum atomic E-state index is 14.1. The fraction of sp³-hybridized carbons (Fsp3) is 0.310. The van der Waals surface area contributed by atoms with Crippen LogP contribution in [0.1, 0.15) is 38.3 Å². The highest BCUT2D eigenvalue weighted by Crippen LogP contribution is 2.32. The molecule has 3 aromatic carbocycles. The molecule has 0 saturated carbocycles. The third-order valence-corrected chi connectivity index (χ3v) is 9.02. The van der Waals surface area contributed by atoms with Gasteiger partial charge in [-0.2, -0.15) is 0 Å². The van der Waals surface area contributed by atoms with E-state index in [-0.39, 0.29) is 40.5 Å². The zero-order valence-electron chi connectivity index (χ0n) is 22.7. The minimum atomic E-state index is -4.23. The van der Waals surface area contributed by atoms with Gasteiger partial charge in [-0.15, -0.1) is 0 Å². The standard InChI is InChI=1S/C29H32Cl3N3O4S/c1-5-26(29(37)33-19(2)3)34(17-22-23(30)10-8-11-24(22)31)28(36)18-35(27-12-7-6-9-25(27)32)40(38,39)21-15-13-20(4)14-16-21/h6-16,19,26H,5,17-18H2,1-4H3,(H,33,37)/t26-/m0/s1. The lowest BCUT2D eigenvalue weighted by molar-refractivity contribution is -0.140. The summed E-state index contributed by atoms with van der Waals surface area (Å²) in [5.74, 6) is -1.00. The van der Waals surface area contributed by atoms with Gasteiger partial charge in [0.05, 0.1) is 15.6 Å². The Labute approximate surface area is 251 Å². The molecule has 0 aliphatic rings. The topological polar surface area (TPSA) is 86.8 Å². The van der Waals surface area contributed by atoms with Gasteiger partial charge in [-0.3, -0.25) is 13.9 Å². The summed E-state index contributed by atoms with van der Waals surface area (Å²) in [4.78, 5) is 28.6. The normalized spacial score (nSPS) is 12.2. The SMILES string of the molecule is CC[C@@H](C(=O)NC(C)C)N(Cc1c(Cl)cccc1Cl)C(=O)CN(c1ccccc1Cl)S(=O)(=O)c1ccc(C)cc1. The molecule has 0 radical (unpaired) electrons. The molecule has 0 aromatic heterocycles. The molecule has 0 aliphatic carbocycles. The van der Waals surface area contributed by atoms with Gasteiger partial charge < -0.3 is 10.2 Å². The summed E-state index contributed by atoms with van der Waals surface area (Å²) in [6, 6.07) is 16.5. The molecule has 0 fully saturated rings. The van der Waals surface area contributed by atoms with Gasteiger partial charge in [0.2, 0.25) is 11.8 Å². The second kappa shape index (κ2) is 13.7. The maximum absolute atomic E-state index is 14.1. The molecule has 0 heterocycles. The lowest BCUT2D eigenvalue weighted by Gasteiger charge is -2.34. The Balaban J connectivity index is 2.12. The summed E-state index contributed by atoms with van der Waals surface area (Å²) in [6.07, 6.45) is 0.267. The Bertz CT molecular complexity index is 1440. The third-order valence-electron chi connectivity index (χ3n) is 6.22. The Hall–Kier alpha value is -2.78. The third kappa shape index (κ3) is 7.49. The van der Waals surface area contributed by atoms with Crippen LogP contribution in [0.4, 0.5) is 5.69 Å². The van der Waals surface area contributed by atoms with Gasteiger partial charge >= 0.3 is 0 Å². The quantitative estimate of drug-likeness (QED) is 0.265. The fourth-order valence-electron chi connectivity index (χ4n) is 4.16. The Morgan fingerprint density at radius 2 is 1.45 bits per heavy atom. The fourth-order valence-corrected chi connectivity index (χ4v) is 6.40. The number of anilines is 1. The van der Waals surface area contributed by atoms with Crippen molar-refractivity contribution in [2.24, 2.45) is 0 Å². The number of aryl methyl sites for hydroxylation is 1. The number of hydrogen-bond donors (Lipinski definition) is 1. The van der Waals surface area contributed by atoms with Crippen LogP contribution in [0.25, 0.3) is 0 Å². The van der Waals surface area contributed by atoms with Crippen LogP contribution in [0.2, 0.25) is 15.1 Å². The molecule has 3 rings (SSSR count). The predicted octanol–water partition coefficient (Wildman–Crippen LogP) is 6.48. The van der Waals surface area contributed by atoms with Crippen molar-refractivity contribution in [3.63, 3.8) is 0 Å². The van der Waals surface area contributed by atoms with Crippen LogP contribution in [-0.4, -0.2) is 43.8 Å². The molecule has 40 heavy (non-hydrogen) atoms. The van der Waals surface area contributed by atoms with Crippen molar-refractivity contribution in [1.82, 2.24) is 10.2 Å². The summed E-state index contributed by atoms with van der Waals surface area (Å²) in [5.41, 5.74) is 1.46. The van der Waals surface area contributed by atoms with Gasteiger partial charge in [0.25, 0.3) is 10.0 Å². The van der Waals surface area contributed by atoms with Crippen LogP contribution in [0, 0.1) is 6.92 Å². The first-order valence-corrected chi connectivity index (χ1v) is 15.3. The highest BCUT2D eigenvalue weighted by molar-refractivity contribution is 7.92. The minimum Gasteiger partial charge on any atom is -0.352 e. The second-order valence-corrected chi connectivity index (χ2v) is 12.7. The Kier molecular flexibility index (Phi) is 10.9. The van der Waals surface area contributed by atoms with Crippen LogP contribution >= 0.6 is 34.8 Å². The van der Waals surface area contributed by atoms with Crippen molar-refractivity contribution in [3.8, 4) is 0 Å². The molecule has 0 bridgehead atoms. The van der Waals surface area contributed by atoms with Crippen LogP contribution in [0.15, 0.2) is 71.6 Å². The summed E-state index contributed by atoms with van der Waals surface area (Å²) < 4.78 is 28.8. The summed E-state index contributed by atoms with van der Waals surface area (Å²) in [6.45, 7) is 6.52. The molecule has 3 aromatic rings. The number of rotatable bonds is 11. The molecule has 7 nitrogen and oxygen atoms in total. The molecule has 0 spiro atoms. The van der Waals surface area contributed by atoms with E-state index in [4.69, 9.17) is 34.8 Å². The van der Waals surface area contributed by atoms with Gasteiger partial charge in [-0.25, -0.2) is 8.42 Å². The average molecular weight is 625 g/mol. The van der Waals surface area contributed by atoms with E-state index in [0.29, 0.717) is 15.6 Å². The van der Waals surface area contributed by atoms with Gasteiger partial charge in [0.15, 0.2) is 0 Å². The van der Waals surface area contributed by atoms with E-state index >= 15 is 0 Å². The number of carbonyl (C=O) groups excluding carboxylic acids is 2. The summed E-state index contributed by atoms with van der Waals surface area (Å²) in [7, 11) is -4.23. The van der Waals surface area contributed by atoms with Crippen LogP contribution in [0.5, 0.6) is 0 Å². The number of para-hydroxylation sites is 1. The number of nitrogens with zero attached hydrogens (tertiary/aromatic N) is 2. The highest BCUT2D eigenvalue weighted by Gasteiger charge is 2.35. The first kappa shape index (κ1) is 31.7. The zero-order valence-corrected chi connectivity index (χ0v) is 25.8. The lowest BCUT2D eigenvalue weighted by Crippen LogP contribution is -2.53. The molecular formula is C29H32Cl3N3O4S. The molecule has 0 aliphatic heterocycles. The van der Waals surface area contributed by atoms with Crippen LogP contribution in [0.3, 0.4) is 0 Å². The smallest absolute Gasteiger partial charge is 0.264 e. The second-order valence-electron chi connectivity index (χ2n) is 9.59. The van der Waals surface area contributed by atoms with E-state index in [9.17, 15) is 18.0 Å². The van der Waals surface area contributed by atoms with Gasteiger partial charge in [-0.05, 0) is 63.6 Å². The van der Waals surface area contributed by atoms with E-state index in [1.54, 1.807) is 55.5 Å². The average Bonchev–Trinajstić information content (AvgIpc) is 2.89. The molecular weight excluding hydrogens is 593 g/mol. The summed E-state index contributed by atoms with van der Waals surface area (Å²) in [5, 5.41) is 3.64.